The number of rotatable bonds is 7. The van der Waals surface area contributed by atoms with E-state index in [1.54, 1.807) is 49.3 Å². The lowest BCUT2D eigenvalue weighted by Crippen LogP contribution is -2.27. The van der Waals surface area contributed by atoms with E-state index in [4.69, 9.17) is 9.47 Å². The third-order valence-corrected chi connectivity index (χ3v) is 4.81. The number of methoxy groups -OCH3 is 2. The molecule has 0 N–H and O–H groups in total. The zero-order chi connectivity index (χ0) is 20.8. The summed E-state index contributed by atoms with van der Waals surface area (Å²) in [5, 5.41) is 4.12. The van der Waals surface area contributed by atoms with Gasteiger partial charge in [-0.3, -0.25) is 4.79 Å². The maximum absolute atomic E-state index is 12.6. The fourth-order valence-corrected chi connectivity index (χ4v) is 2.90. The summed E-state index contributed by atoms with van der Waals surface area (Å²) in [6.07, 6.45) is 6.46. The molecule has 150 valence electrons. The highest BCUT2D eigenvalue weighted by Crippen LogP contribution is 2.28. The first-order valence-electron chi connectivity index (χ1n) is 9.15. The molecule has 2 aromatic carbocycles. The van der Waals surface area contributed by atoms with Crippen LogP contribution in [0.3, 0.4) is 0 Å². The van der Waals surface area contributed by atoms with E-state index >= 15 is 0 Å². The second-order valence-electron chi connectivity index (χ2n) is 6.50. The van der Waals surface area contributed by atoms with Gasteiger partial charge in [-0.15, -0.1) is 0 Å². The molecule has 3 rings (SSSR count). The van der Waals surface area contributed by atoms with Crippen molar-refractivity contribution >= 4 is 12.0 Å². The van der Waals surface area contributed by atoms with Crippen molar-refractivity contribution in [2.24, 2.45) is 0 Å². The van der Waals surface area contributed by atoms with Crippen molar-refractivity contribution in [3.63, 3.8) is 0 Å². The van der Waals surface area contributed by atoms with E-state index in [-0.39, 0.29) is 11.9 Å². The summed E-state index contributed by atoms with van der Waals surface area (Å²) in [5.74, 6) is 1.18. The van der Waals surface area contributed by atoms with Crippen LogP contribution in [0.25, 0.3) is 11.8 Å². The molecule has 7 heteroatoms. The normalized spacial score (nSPS) is 12.0. The molecule has 0 saturated heterocycles. The predicted molar refractivity (Wildman–Crippen MR) is 111 cm³/mol. The molecule has 1 heterocycles. The Morgan fingerprint density at radius 2 is 1.83 bits per heavy atom. The number of aromatic nitrogens is 3. The van der Waals surface area contributed by atoms with Crippen LogP contribution in [0.15, 0.2) is 61.2 Å². The van der Waals surface area contributed by atoms with Crippen LogP contribution in [0.5, 0.6) is 11.5 Å². The molecule has 1 amide bonds. The average Bonchev–Trinajstić information content (AvgIpc) is 3.31. The first-order chi connectivity index (χ1) is 14.0. The van der Waals surface area contributed by atoms with Gasteiger partial charge in [-0.1, -0.05) is 18.2 Å². The fourth-order valence-electron chi connectivity index (χ4n) is 2.90. The second kappa shape index (κ2) is 9.05. The van der Waals surface area contributed by atoms with E-state index in [9.17, 15) is 4.79 Å². The Morgan fingerprint density at radius 1 is 1.10 bits per heavy atom. The Labute approximate surface area is 170 Å². The predicted octanol–water partition coefficient (Wildman–Crippen LogP) is 3.52. The number of carbonyl (C=O) groups is 1. The smallest absolute Gasteiger partial charge is 0.246 e. The van der Waals surface area contributed by atoms with E-state index < -0.39 is 0 Å². The zero-order valence-corrected chi connectivity index (χ0v) is 16.9. The van der Waals surface area contributed by atoms with Gasteiger partial charge in [-0.05, 0) is 48.4 Å². The number of hydrogen-bond acceptors (Lipinski definition) is 5. The maximum atomic E-state index is 12.6. The van der Waals surface area contributed by atoms with Crippen molar-refractivity contribution in [1.82, 2.24) is 19.7 Å². The molecule has 3 aromatic rings. The van der Waals surface area contributed by atoms with Gasteiger partial charge in [0, 0.05) is 13.1 Å². The van der Waals surface area contributed by atoms with E-state index in [2.05, 4.69) is 10.1 Å². The molecule has 0 bridgehead atoms. The number of amides is 1. The molecule has 0 spiro atoms. The fraction of sp³-hybridized carbons (Fsp3) is 0.227. The van der Waals surface area contributed by atoms with Gasteiger partial charge in [0.2, 0.25) is 5.91 Å². The van der Waals surface area contributed by atoms with Gasteiger partial charge in [-0.25, -0.2) is 9.67 Å². The molecule has 7 nitrogen and oxygen atoms in total. The van der Waals surface area contributed by atoms with E-state index in [1.165, 1.54) is 6.33 Å². The SMILES string of the molecule is COc1ccc(C=CC(=O)N(C)C(C)c2ccc(-n3cncn3)cc2)cc1OC. The van der Waals surface area contributed by atoms with Crippen LogP contribution in [0.1, 0.15) is 24.1 Å². The number of hydrogen-bond donors (Lipinski definition) is 0. The molecule has 0 radical (unpaired) electrons. The van der Waals surface area contributed by atoms with Crippen molar-refractivity contribution < 1.29 is 14.3 Å². The molecule has 0 saturated carbocycles. The minimum absolute atomic E-state index is 0.0812. The van der Waals surface area contributed by atoms with E-state index in [0.717, 1.165) is 16.8 Å². The topological polar surface area (TPSA) is 69.5 Å². The lowest BCUT2D eigenvalue weighted by molar-refractivity contribution is -0.126. The third-order valence-electron chi connectivity index (χ3n) is 4.81. The minimum Gasteiger partial charge on any atom is -0.493 e. The quantitative estimate of drug-likeness (QED) is 0.576. The van der Waals surface area contributed by atoms with Crippen LogP contribution in [-0.4, -0.2) is 46.8 Å². The molecular formula is C22H24N4O3. The summed E-state index contributed by atoms with van der Waals surface area (Å²) in [6.45, 7) is 1.99. The number of benzene rings is 2. The molecule has 0 aliphatic carbocycles. The van der Waals surface area contributed by atoms with Crippen LogP contribution in [0.2, 0.25) is 0 Å². The zero-order valence-electron chi connectivity index (χ0n) is 16.9. The average molecular weight is 392 g/mol. The Morgan fingerprint density at radius 3 is 2.45 bits per heavy atom. The van der Waals surface area contributed by atoms with Crippen LogP contribution < -0.4 is 9.47 Å². The Hall–Kier alpha value is -3.61. The molecule has 0 fully saturated rings. The van der Waals surface area contributed by atoms with Gasteiger partial charge in [0.15, 0.2) is 11.5 Å². The van der Waals surface area contributed by atoms with Crippen LogP contribution in [0.4, 0.5) is 0 Å². The summed E-state index contributed by atoms with van der Waals surface area (Å²) >= 11 is 0. The van der Waals surface area contributed by atoms with Crippen molar-refractivity contribution in [2.75, 3.05) is 21.3 Å². The van der Waals surface area contributed by atoms with Gasteiger partial charge in [0.1, 0.15) is 12.7 Å². The number of ether oxygens (including phenoxy) is 2. The molecule has 1 aromatic heterocycles. The van der Waals surface area contributed by atoms with Crippen LogP contribution in [0, 0.1) is 0 Å². The molecule has 0 aliphatic rings. The highest BCUT2D eigenvalue weighted by Gasteiger charge is 2.15. The summed E-state index contributed by atoms with van der Waals surface area (Å²) in [4.78, 5) is 18.3. The monoisotopic (exact) mass is 392 g/mol. The lowest BCUT2D eigenvalue weighted by Gasteiger charge is -2.24. The second-order valence-corrected chi connectivity index (χ2v) is 6.50. The maximum Gasteiger partial charge on any atom is 0.246 e. The van der Waals surface area contributed by atoms with E-state index in [0.29, 0.717) is 11.5 Å². The first-order valence-corrected chi connectivity index (χ1v) is 9.15. The highest BCUT2D eigenvalue weighted by molar-refractivity contribution is 5.92. The van der Waals surface area contributed by atoms with Gasteiger partial charge < -0.3 is 14.4 Å². The van der Waals surface area contributed by atoms with Gasteiger partial charge in [0.25, 0.3) is 0 Å². The molecule has 29 heavy (non-hydrogen) atoms. The van der Waals surface area contributed by atoms with E-state index in [1.807, 2.05) is 49.4 Å². The van der Waals surface area contributed by atoms with Crippen LogP contribution in [-0.2, 0) is 4.79 Å². The van der Waals surface area contributed by atoms with Crippen molar-refractivity contribution in [2.45, 2.75) is 13.0 Å². The van der Waals surface area contributed by atoms with Crippen molar-refractivity contribution in [3.05, 3.63) is 72.3 Å². The molecule has 1 unspecified atom stereocenters. The van der Waals surface area contributed by atoms with Gasteiger partial charge in [0.05, 0.1) is 25.9 Å². The summed E-state index contributed by atoms with van der Waals surface area (Å²) in [7, 11) is 4.96. The third kappa shape index (κ3) is 4.63. The minimum atomic E-state index is -0.0902. The lowest BCUT2D eigenvalue weighted by atomic mass is 10.1. The van der Waals surface area contributed by atoms with Gasteiger partial charge in [-0.2, -0.15) is 5.10 Å². The summed E-state index contributed by atoms with van der Waals surface area (Å²) in [5.41, 5.74) is 2.80. The van der Waals surface area contributed by atoms with Gasteiger partial charge >= 0.3 is 0 Å². The molecule has 1 atom stereocenters. The molecule has 0 aliphatic heterocycles. The standard InChI is InChI=1S/C22H24N4O3/c1-16(18-7-9-19(10-8-18)26-15-23-14-24-26)25(2)22(27)12-6-17-5-11-20(28-3)21(13-17)29-4/h5-16H,1-4H3. The van der Waals surface area contributed by atoms with Crippen molar-refractivity contribution in [1.29, 1.82) is 0 Å². The first kappa shape index (κ1) is 20.1. The van der Waals surface area contributed by atoms with Crippen LogP contribution >= 0.6 is 0 Å². The Balaban J connectivity index is 1.68. The van der Waals surface area contributed by atoms with Crippen molar-refractivity contribution in [3.8, 4) is 17.2 Å². The highest BCUT2D eigenvalue weighted by atomic mass is 16.5. The number of likely N-dealkylation sites (N-methyl/N-ethyl adjacent to an activating group) is 1. The largest absolute Gasteiger partial charge is 0.493 e. The number of carbonyl (C=O) groups excluding carboxylic acids is 1. The Bertz CT molecular complexity index is 982. The number of nitrogens with zero attached hydrogens (tertiary/aromatic N) is 4. The summed E-state index contributed by atoms with van der Waals surface area (Å²) < 4.78 is 12.2. The Kier molecular flexibility index (Phi) is 6.29. The molecular weight excluding hydrogens is 368 g/mol. The summed E-state index contributed by atoms with van der Waals surface area (Å²) in [6, 6.07) is 13.3.